The van der Waals surface area contributed by atoms with E-state index in [1.54, 1.807) is 12.1 Å². The van der Waals surface area contributed by atoms with E-state index in [0.717, 1.165) is 61.8 Å². The van der Waals surface area contributed by atoms with Gasteiger partial charge in [-0.15, -0.1) is 6.58 Å². The number of aliphatic hydroxyl groups is 2. The monoisotopic (exact) mass is 782 g/mol. The molecule has 11 heteroatoms. The molecule has 3 aliphatic rings. The van der Waals surface area contributed by atoms with Crippen LogP contribution in [0.15, 0.2) is 47.7 Å². The number of aliphatic hydroxyl groups excluding tert-OH is 2. The number of nitrogens with zero attached hydrogens (tertiary/aromatic N) is 2. The van der Waals surface area contributed by atoms with E-state index in [1.807, 2.05) is 37.9 Å². The average molecular weight is 782 g/mol. The molecule has 0 saturated heterocycles. The molecule has 0 aromatic heterocycles. The van der Waals surface area contributed by atoms with Crippen LogP contribution in [0.5, 0.6) is 11.5 Å². The number of fused-ring (bicyclic) bond motifs is 2. The second-order valence-electron chi connectivity index (χ2n) is 15.7. The van der Waals surface area contributed by atoms with E-state index < -0.39 is 23.8 Å². The molecule has 1 saturated carbocycles. The first kappa shape index (κ1) is 45.3. The summed E-state index contributed by atoms with van der Waals surface area (Å²) in [6.45, 7) is 11.2. The Hall–Kier alpha value is -3.41. The second-order valence-corrected chi connectivity index (χ2v) is 15.7. The van der Waals surface area contributed by atoms with E-state index in [0.29, 0.717) is 50.3 Å². The molecule has 1 aromatic carbocycles. The molecule has 0 spiro atoms. The van der Waals surface area contributed by atoms with Crippen LogP contribution < -0.4 is 14.8 Å². The fraction of sp³-hybridized carbons (Fsp3) is 0.711. The van der Waals surface area contributed by atoms with Gasteiger partial charge < -0.3 is 39.5 Å². The van der Waals surface area contributed by atoms with Gasteiger partial charge in [-0.1, -0.05) is 88.4 Å². The Morgan fingerprint density at radius 3 is 2.34 bits per heavy atom. The average Bonchev–Trinajstić information content (AvgIpc) is 3.19. The van der Waals surface area contributed by atoms with Crippen LogP contribution >= 0.6 is 0 Å². The molecule has 2 aliphatic carbocycles. The molecule has 1 fully saturated rings. The molecular weight excluding hydrogens is 711 g/mol. The van der Waals surface area contributed by atoms with Crippen molar-refractivity contribution < 1.29 is 38.9 Å². The summed E-state index contributed by atoms with van der Waals surface area (Å²) in [4.78, 5) is 34.4. The summed E-state index contributed by atoms with van der Waals surface area (Å²) in [5.74, 6) is -0.617. The van der Waals surface area contributed by atoms with Crippen molar-refractivity contribution in [1.29, 1.82) is 0 Å². The number of benzene rings is 1. The number of allylic oxidation sites excluding steroid dienone is 1. The van der Waals surface area contributed by atoms with E-state index in [9.17, 15) is 19.8 Å². The molecule has 1 aromatic rings. The SMILES string of the molecule is C=CCOC12Oc3ccc(OC(=O)NCC)cc3C3C(CCCCO)C(CCCCO)C=C(C(=NOCC)CC1N(C)C(=O)CCCCCCCCCCC)C32. The third-order valence-electron chi connectivity index (χ3n) is 11.8. The van der Waals surface area contributed by atoms with E-state index in [1.165, 1.54) is 38.5 Å². The number of ether oxygens (including phenoxy) is 3. The predicted octanol–water partition coefficient (Wildman–Crippen LogP) is 8.83. The zero-order valence-corrected chi connectivity index (χ0v) is 34.8. The summed E-state index contributed by atoms with van der Waals surface area (Å²) < 4.78 is 19.9. The summed E-state index contributed by atoms with van der Waals surface area (Å²) >= 11 is 0. The lowest BCUT2D eigenvalue weighted by Crippen LogP contribution is -2.69. The summed E-state index contributed by atoms with van der Waals surface area (Å²) in [7, 11) is 1.86. The minimum Gasteiger partial charge on any atom is -0.459 e. The number of oxime groups is 1. The maximum absolute atomic E-state index is 14.2. The van der Waals surface area contributed by atoms with Gasteiger partial charge in [0, 0.05) is 51.1 Å². The maximum Gasteiger partial charge on any atom is 0.412 e. The number of carbonyl (C=O) groups is 2. The van der Waals surface area contributed by atoms with Gasteiger partial charge in [-0.25, -0.2) is 4.79 Å². The van der Waals surface area contributed by atoms with Gasteiger partial charge in [-0.2, -0.15) is 0 Å². The van der Waals surface area contributed by atoms with E-state index in [-0.39, 0.29) is 43.5 Å². The second kappa shape index (κ2) is 23.7. The number of carbonyl (C=O) groups excluding carboxylic acids is 2. The Labute approximate surface area is 336 Å². The number of rotatable bonds is 26. The molecule has 4 rings (SSSR count). The van der Waals surface area contributed by atoms with Crippen LogP contribution in [0.4, 0.5) is 4.79 Å². The van der Waals surface area contributed by atoms with Gasteiger partial charge in [0.15, 0.2) is 0 Å². The summed E-state index contributed by atoms with van der Waals surface area (Å²) in [6.07, 6.45) is 19.6. The number of nitrogens with one attached hydrogen (secondary N) is 1. The minimum atomic E-state index is -1.29. The maximum atomic E-state index is 14.2. The molecule has 0 bridgehead atoms. The molecule has 56 heavy (non-hydrogen) atoms. The first-order chi connectivity index (χ1) is 27.3. The van der Waals surface area contributed by atoms with Gasteiger partial charge in [0.2, 0.25) is 11.7 Å². The number of hydrogen-bond acceptors (Lipinski definition) is 9. The van der Waals surface area contributed by atoms with E-state index in [2.05, 4.69) is 24.9 Å². The van der Waals surface area contributed by atoms with Crippen molar-refractivity contribution in [3.05, 3.63) is 48.1 Å². The summed E-state index contributed by atoms with van der Waals surface area (Å²) in [5, 5.41) is 27.1. The van der Waals surface area contributed by atoms with Crippen LogP contribution in [0.2, 0.25) is 0 Å². The quantitative estimate of drug-likeness (QED) is 0.0482. The molecule has 1 aliphatic heterocycles. The van der Waals surface area contributed by atoms with Crippen molar-refractivity contribution >= 4 is 17.7 Å². The molecule has 3 N–H and O–H groups in total. The lowest BCUT2D eigenvalue weighted by atomic mass is 9.55. The minimum absolute atomic E-state index is 0.0385. The first-order valence-corrected chi connectivity index (χ1v) is 21.7. The Bertz CT molecular complexity index is 1450. The molecule has 6 atom stereocenters. The lowest BCUT2D eigenvalue weighted by Gasteiger charge is -2.59. The molecule has 11 nitrogen and oxygen atoms in total. The van der Waals surface area contributed by atoms with Crippen LogP contribution in [-0.2, 0) is 14.4 Å². The van der Waals surface area contributed by atoms with Crippen molar-refractivity contribution in [2.75, 3.05) is 40.0 Å². The Kier molecular flexibility index (Phi) is 19.2. The highest BCUT2D eigenvalue weighted by atomic mass is 16.7. The largest absolute Gasteiger partial charge is 0.459 e. The van der Waals surface area contributed by atoms with Gasteiger partial charge in [0.05, 0.1) is 18.2 Å². The van der Waals surface area contributed by atoms with E-state index >= 15 is 0 Å². The van der Waals surface area contributed by atoms with Gasteiger partial charge in [-0.05, 0) is 81.6 Å². The highest BCUT2D eigenvalue weighted by Crippen LogP contribution is 2.61. The highest BCUT2D eigenvalue weighted by molar-refractivity contribution is 6.03. The van der Waals surface area contributed by atoms with Gasteiger partial charge in [0.25, 0.3) is 0 Å². The zero-order chi connectivity index (χ0) is 40.3. The van der Waals surface area contributed by atoms with Gasteiger partial charge in [0.1, 0.15) is 24.1 Å². The lowest BCUT2D eigenvalue weighted by molar-refractivity contribution is -0.255. The first-order valence-electron chi connectivity index (χ1n) is 21.7. The topological polar surface area (TPSA) is 139 Å². The van der Waals surface area contributed by atoms with Crippen LogP contribution in [0, 0.1) is 17.8 Å². The normalized spacial score (nSPS) is 24.4. The molecule has 6 unspecified atom stereocenters. The molecule has 0 radical (unpaired) electrons. The summed E-state index contributed by atoms with van der Waals surface area (Å²) in [6, 6.07) is 4.97. The Morgan fingerprint density at radius 2 is 1.68 bits per heavy atom. The number of unbranched alkanes of at least 4 members (excludes halogenated alkanes) is 10. The van der Waals surface area contributed by atoms with Crippen LogP contribution in [0.25, 0.3) is 0 Å². The summed E-state index contributed by atoms with van der Waals surface area (Å²) in [5.41, 5.74) is 2.66. The van der Waals surface area contributed by atoms with Crippen molar-refractivity contribution in [2.24, 2.45) is 22.9 Å². The number of likely N-dealkylation sites (N-methyl/N-ethyl adjacent to an activating group) is 1. The fourth-order valence-corrected chi connectivity index (χ4v) is 9.16. The zero-order valence-electron chi connectivity index (χ0n) is 34.8. The third kappa shape index (κ3) is 11.6. The van der Waals surface area contributed by atoms with Crippen LogP contribution in [0.1, 0.15) is 141 Å². The van der Waals surface area contributed by atoms with E-state index in [4.69, 9.17) is 24.2 Å². The van der Waals surface area contributed by atoms with Crippen LogP contribution in [0.3, 0.4) is 0 Å². The molecule has 314 valence electrons. The Morgan fingerprint density at radius 1 is 0.982 bits per heavy atom. The molecular formula is C45H71N3O8. The van der Waals surface area contributed by atoms with Crippen molar-refractivity contribution in [2.45, 2.75) is 148 Å². The highest BCUT2D eigenvalue weighted by Gasteiger charge is 2.65. The van der Waals surface area contributed by atoms with Crippen molar-refractivity contribution in [1.82, 2.24) is 10.2 Å². The Balaban J connectivity index is 1.81. The molecule has 2 amide bonds. The predicted molar refractivity (Wildman–Crippen MR) is 221 cm³/mol. The third-order valence-corrected chi connectivity index (χ3v) is 11.8. The van der Waals surface area contributed by atoms with Gasteiger partial charge >= 0.3 is 6.09 Å². The standard InChI is InChI=1S/C45H71N3O8/c1-6-10-11-12-13-14-15-16-17-24-41(51)48(5)40-32-38(47-54-9-4)36-30-33(22-18-20-27-49)35(23-19-21-28-50)42-37-31-34(55-44(52)46-8-3)25-26-39(37)56-45(40,43(36)42)53-29-7-2/h7,25-26,30-31,33,35,40,42-43,49-50H,2,6,8-24,27-29,32H2,1,3-5H3,(H,46,52). The van der Waals surface area contributed by atoms with Crippen molar-refractivity contribution in [3.63, 3.8) is 0 Å². The number of hydrogen-bond donors (Lipinski definition) is 3. The van der Waals surface area contributed by atoms with Gasteiger partial charge in [-0.3, -0.25) is 4.79 Å². The van der Waals surface area contributed by atoms with Crippen LogP contribution in [-0.4, -0.2) is 84.7 Å². The smallest absolute Gasteiger partial charge is 0.412 e. The molecule has 1 heterocycles. The van der Waals surface area contributed by atoms with Crippen molar-refractivity contribution in [3.8, 4) is 11.5 Å². The fourth-order valence-electron chi connectivity index (χ4n) is 9.16. The number of amides is 2.